The standard InChI is InChI=1S/C40H50ClN5O7S/c1-6-18-52-35-16-17-36(50-4)32-14-11-30(32)23-46-22-29-10-13-31(41)20-27(29)9-7-8-19-53-37-15-12-28(21-34(37)46)38(47)43-54(49,25-26(35)2)44-39(48)33-24-45(3)42-40(33)51-5/h6,10,12-13,15-17,20-21,24,26,30,32,35-36H,1,7-9,11,14,18-19,22-23,25H2,2-5H3,(H,43,44,47,48,49)/b17-16+/t26-,30+,32-,35+,36+,54+/m1/s1. The number of fused-ring (bicyclic) bond motifs is 3. The van der Waals surface area contributed by atoms with Gasteiger partial charge >= 0.3 is 0 Å². The van der Waals surface area contributed by atoms with Crippen molar-refractivity contribution in [3.8, 4) is 11.6 Å². The monoisotopic (exact) mass is 779 g/mol. The molecule has 3 aliphatic rings. The predicted octanol–water partition coefficient (Wildman–Crippen LogP) is 6.58. The number of ether oxygens (including phenoxy) is 4. The lowest BCUT2D eigenvalue weighted by Crippen LogP contribution is -2.43. The van der Waals surface area contributed by atoms with Gasteiger partial charge in [-0.2, -0.15) is 0 Å². The normalized spacial score (nSPS) is 26.7. The van der Waals surface area contributed by atoms with Crippen LogP contribution in [0, 0.1) is 17.8 Å². The van der Waals surface area contributed by atoms with Gasteiger partial charge in [-0.1, -0.05) is 42.8 Å². The van der Waals surface area contributed by atoms with Crippen LogP contribution in [0.15, 0.2) is 71.8 Å². The number of carbonyl (C=O) groups is 2. The van der Waals surface area contributed by atoms with Crippen LogP contribution < -0.4 is 19.1 Å². The van der Waals surface area contributed by atoms with Crippen molar-refractivity contribution < 1.29 is 32.7 Å². The molecule has 14 heteroatoms. The van der Waals surface area contributed by atoms with Crippen LogP contribution >= 0.6 is 11.6 Å². The summed E-state index contributed by atoms with van der Waals surface area (Å²) in [6.07, 6.45) is 10.9. The molecule has 1 N–H and O–H groups in total. The Morgan fingerprint density at radius 3 is 2.69 bits per heavy atom. The molecule has 54 heavy (non-hydrogen) atoms. The molecule has 2 aromatic carbocycles. The Kier molecular flexibility index (Phi) is 12.8. The number of carbonyl (C=O) groups excluding carboxylic acids is 2. The van der Waals surface area contributed by atoms with Gasteiger partial charge in [-0.05, 0) is 85.4 Å². The highest BCUT2D eigenvalue weighted by molar-refractivity contribution is 7.92. The van der Waals surface area contributed by atoms with Crippen LogP contribution in [0.5, 0.6) is 11.6 Å². The second-order valence-electron chi connectivity index (χ2n) is 14.3. The van der Waals surface area contributed by atoms with Crippen molar-refractivity contribution in [1.82, 2.24) is 14.5 Å². The maximum absolute atomic E-state index is 14.9. The number of amides is 2. The first-order valence-corrected chi connectivity index (χ1v) is 20.5. The molecule has 0 spiro atoms. The van der Waals surface area contributed by atoms with Crippen LogP contribution in [-0.2, 0) is 39.4 Å². The van der Waals surface area contributed by atoms with Gasteiger partial charge in [0, 0.05) is 49.9 Å². The first-order chi connectivity index (χ1) is 26.0. The van der Waals surface area contributed by atoms with Crippen LogP contribution in [0.25, 0.3) is 0 Å². The van der Waals surface area contributed by atoms with Gasteiger partial charge in [-0.3, -0.25) is 19.0 Å². The Labute approximate surface area is 323 Å². The summed E-state index contributed by atoms with van der Waals surface area (Å²) in [5.41, 5.74) is 3.34. The minimum atomic E-state index is -3.77. The Balaban J connectivity index is 1.49. The van der Waals surface area contributed by atoms with Crippen LogP contribution in [-0.4, -0.2) is 77.7 Å². The van der Waals surface area contributed by atoms with E-state index in [9.17, 15) is 13.8 Å². The minimum Gasteiger partial charge on any atom is -0.491 e. The molecule has 2 aliphatic heterocycles. The lowest BCUT2D eigenvalue weighted by molar-refractivity contribution is 0.0117. The van der Waals surface area contributed by atoms with E-state index in [4.69, 9.17) is 30.5 Å². The first kappa shape index (κ1) is 39.5. The molecule has 6 atom stereocenters. The van der Waals surface area contributed by atoms with Crippen molar-refractivity contribution >= 4 is 39.0 Å². The van der Waals surface area contributed by atoms with Gasteiger partial charge in [0.25, 0.3) is 11.8 Å². The number of anilines is 1. The highest BCUT2D eigenvalue weighted by atomic mass is 35.5. The number of hydrogen-bond acceptors (Lipinski definition) is 9. The third-order valence-corrected chi connectivity index (χ3v) is 12.6. The van der Waals surface area contributed by atoms with Gasteiger partial charge in [0.05, 0.1) is 44.0 Å². The van der Waals surface area contributed by atoms with Crippen molar-refractivity contribution in [3.05, 3.63) is 94.7 Å². The molecule has 0 unspecified atom stereocenters. The fourth-order valence-corrected chi connectivity index (χ4v) is 9.58. The first-order valence-electron chi connectivity index (χ1n) is 18.4. The fourth-order valence-electron chi connectivity index (χ4n) is 7.51. The number of rotatable bonds is 7. The topological polar surface area (TPSA) is 134 Å². The Hall–Kier alpha value is -4.17. The highest BCUT2D eigenvalue weighted by Crippen LogP contribution is 2.42. The maximum Gasteiger partial charge on any atom is 0.286 e. The number of nitrogens with one attached hydrogen (secondary N) is 1. The van der Waals surface area contributed by atoms with Gasteiger partial charge in [0.2, 0.25) is 5.88 Å². The quantitative estimate of drug-likeness (QED) is 0.264. The molecular formula is C40H50ClN5O7S. The summed E-state index contributed by atoms with van der Waals surface area (Å²) in [5, 5.41) is 4.85. The summed E-state index contributed by atoms with van der Waals surface area (Å²) in [5.74, 6) is -0.921. The zero-order valence-corrected chi connectivity index (χ0v) is 32.9. The smallest absolute Gasteiger partial charge is 0.286 e. The molecule has 1 saturated carbocycles. The van der Waals surface area contributed by atoms with E-state index >= 15 is 0 Å². The molecule has 0 radical (unpaired) electrons. The molecule has 6 rings (SSSR count). The maximum atomic E-state index is 14.9. The number of aryl methyl sites for hydroxylation is 2. The van der Waals surface area contributed by atoms with Gasteiger partial charge in [-0.15, -0.1) is 16.0 Å². The number of nitrogens with zero attached hydrogens (tertiary/aromatic N) is 4. The van der Waals surface area contributed by atoms with Crippen molar-refractivity contribution in [2.24, 2.45) is 29.2 Å². The predicted molar refractivity (Wildman–Crippen MR) is 210 cm³/mol. The Morgan fingerprint density at radius 2 is 1.94 bits per heavy atom. The third-order valence-electron chi connectivity index (χ3n) is 10.5. The zero-order valence-electron chi connectivity index (χ0n) is 31.4. The molecule has 3 aromatic rings. The summed E-state index contributed by atoms with van der Waals surface area (Å²) >= 11 is 6.48. The lowest BCUT2D eigenvalue weighted by atomic mass is 9.70. The summed E-state index contributed by atoms with van der Waals surface area (Å²) in [6.45, 7) is 7.63. The van der Waals surface area contributed by atoms with E-state index in [0.717, 1.165) is 43.4 Å². The van der Waals surface area contributed by atoms with Gasteiger partial charge in [0.15, 0.2) is 0 Å². The second-order valence-corrected chi connectivity index (χ2v) is 16.7. The van der Waals surface area contributed by atoms with E-state index in [-0.39, 0.29) is 47.3 Å². The van der Waals surface area contributed by atoms with E-state index in [1.54, 1.807) is 38.4 Å². The van der Waals surface area contributed by atoms with E-state index in [2.05, 4.69) is 31.7 Å². The Bertz CT molecular complexity index is 2010. The summed E-state index contributed by atoms with van der Waals surface area (Å²) in [6, 6.07) is 11.2. The zero-order chi connectivity index (χ0) is 38.4. The highest BCUT2D eigenvalue weighted by Gasteiger charge is 2.38. The molecule has 1 aromatic heterocycles. The fraction of sp³-hybridized carbons (Fsp3) is 0.475. The number of hydrogen-bond donors (Lipinski definition) is 1. The van der Waals surface area contributed by atoms with Crippen molar-refractivity contribution in [2.45, 2.75) is 57.8 Å². The Morgan fingerprint density at radius 1 is 1.13 bits per heavy atom. The molecule has 0 saturated heterocycles. The number of halogens is 1. The van der Waals surface area contributed by atoms with Crippen LogP contribution in [0.3, 0.4) is 0 Å². The van der Waals surface area contributed by atoms with Gasteiger partial charge in [0.1, 0.15) is 21.2 Å². The van der Waals surface area contributed by atoms with Crippen molar-refractivity contribution in [2.75, 3.05) is 44.6 Å². The van der Waals surface area contributed by atoms with Gasteiger partial charge < -0.3 is 23.8 Å². The van der Waals surface area contributed by atoms with E-state index < -0.39 is 33.8 Å². The number of aromatic nitrogens is 2. The number of methoxy groups -OCH3 is 2. The molecule has 2 bridgehead atoms. The minimum absolute atomic E-state index is 0.0498. The molecular weight excluding hydrogens is 730 g/mol. The third kappa shape index (κ3) is 9.19. The van der Waals surface area contributed by atoms with Crippen LogP contribution in [0.2, 0.25) is 5.02 Å². The van der Waals surface area contributed by atoms with Crippen LogP contribution in [0.4, 0.5) is 5.69 Å². The largest absolute Gasteiger partial charge is 0.491 e. The molecule has 1 aliphatic carbocycles. The number of benzene rings is 2. The average Bonchev–Trinajstić information content (AvgIpc) is 3.51. The van der Waals surface area contributed by atoms with Crippen molar-refractivity contribution in [3.63, 3.8) is 0 Å². The van der Waals surface area contributed by atoms with Crippen LogP contribution in [0.1, 0.15) is 64.4 Å². The molecule has 12 nitrogen and oxygen atoms in total. The van der Waals surface area contributed by atoms with Gasteiger partial charge in [-0.25, -0.2) is 4.21 Å². The average molecular weight is 780 g/mol. The lowest BCUT2D eigenvalue weighted by Gasteiger charge is -2.43. The SMILES string of the molecule is C=CCO[C@H]1/C=C/[C@H](OC)[C@@H]2CC[C@H]2CN2Cc3ccc(Cl)cc3CCCCOc3ccc(cc32)C(=O)N=[S@](=O)(NC(=O)c2cn(C)nc2OC)C[C@H]1C. The summed E-state index contributed by atoms with van der Waals surface area (Å²) in [7, 11) is 0.980. The van der Waals surface area contributed by atoms with E-state index in [1.807, 2.05) is 31.2 Å². The second kappa shape index (κ2) is 17.5. The van der Waals surface area contributed by atoms with E-state index in [1.165, 1.54) is 23.6 Å². The molecule has 2 amide bonds. The molecule has 1 fully saturated rings. The summed E-state index contributed by atoms with van der Waals surface area (Å²) < 4.78 is 47.2. The van der Waals surface area contributed by atoms with E-state index in [0.29, 0.717) is 30.5 Å². The van der Waals surface area contributed by atoms with Crippen molar-refractivity contribution in [1.29, 1.82) is 0 Å². The summed E-state index contributed by atoms with van der Waals surface area (Å²) in [4.78, 5) is 30.2. The molecule has 3 heterocycles. The molecule has 290 valence electrons.